The number of nitrogens with one attached hydrogen (secondary N) is 1. The number of ether oxygens (including phenoxy) is 1. The van der Waals surface area contributed by atoms with Crippen LogP contribution in [0, 0.1) is 0 Å². The topological polar surface area (TPSA) is 67.4 Å². The summed E-state index contributed by atoms with van der Waals surface area (Å²) >= 11 is 0. The van der Waals surface area contributed by atoms with Gasteiger partial charge in [-0.2, -0.15) is 5.10 Å². The molecule has 0 aliphatic carbocycles. The molecule has 6 nitrogen and oxygen atoms in total. The molecular weight excluding hydrogens is 244 g/mol. The second kappa shape index (κ2) is 6.36. The van der Waals surface area contributed by atoms with Gasteiger partial charge in [0.05, 0.1) is 6.54 Å². The average Bonchev–Trinajstić information content (AvgIpc) is 2.39. The Bertz CT molecular complexity index is 410. The van der Waals surface area contributed by atoms with Crippen LogP contribution in [0.5, 0.6) is 5.88 Å². The second-order valence-electron chi connectivity index (χ2n) is 4.99. The third kappa shape index (κ3) is 4.08. The van der Waals surface area contributed by atoms with Crippen molar-refractivity contribution in [1.82, 2.24) is 20.4 Å². The fourth-order valence-corrected chi connectivity index (χ4v) is 2.08. The normalized spacial score (nSPS) is 19.3. The van der Waals surface area contributed by atoms with Gasteiger partial charge in [0.2, 0.25) is 5.88 Å². The minimum absolute atomic E-state index is 0.0108. The Labute approximate surface area is 113 Å². The molecule has 0 aromatic carbocycles. The summed E-state index contributed by atoms with van der Waals surface area (Å²) in [5.41, 5.74) is 0. The summed E-state index contributed by atoms with van der Waals surface area (Å²) in [7, 11) is 0. The van der Waals surface area contributed by atoms with E-state index >= 15 is 0 Å². The van der Waals surface area contributed by atoms with Crippen LogP contribution in [0.2, 0.25) is 0 Å². The first-order chi connectivity index (χ1) is 9.15. The lowest BCUT2D eigenvalue weighted by molar-refractivity contribution is 0.0963. The van der Waals surface area contributed by atoms with Crippen molar-refractivity contribution in [3.8, 4) is 5.88 Å². The second-order valence-corrected chi connectivity index (χ2v) is 4.99. The average molecular weight is 264 g/mol. The molecule has 1 aromatic rings. The van der Waals surface area contributed by atoms with E-state index in [0.29, 0.717) is 12.4 Å². The molecule has 1 unspecified atom stereocenters. The number of aromatic nitrogens is 2. The summed E-state index contributed by atoms with van der Waals surface area (Å²) in [6.45, 7) is 5.28. The molecule has 19 heavy (non-hydrogen) atoms. The third-order valence-corrected chi connectivity index (χ3v) is 2.91. The number of urea groups is 1. The van der Waals surface area contributed by atoms with Gasteiger partial charge in [-0.15, -0.1) is 5.10 Å². The van der Waals surface area contributed by atoms with Crippen LogP contribution in [-0.4, -0.2) is 46.4 Å². The Balaban J connectivity index is 1.88. The molecule has 0 radical (unpaired) electrons. The van der Waals surface area contributed by atoms with Gasteiger partial charge in [0.1, 0.15) is 6.10 Å². The van der Waals surface area contributed by atoms with Crippen LogP contribution in [0.3, 0.4) is 0 Å². The van der Waals surface area contributed by atoms with Crippen LogP contribution in [0.15, 0.2) is 18.3 Å². The molecule has 2 amide bonds. The summed E-state index contributed by atoms with van der Waals surface area (Å²) in [4.78, 5) is 13.7. The predicted octanol–water partition coefficient (Wildman–Crippen LogP) is 1.44. The number of hydrogen-bond donors (Lipinski definition) is 1. The number of hydrogen-bond acceptors (Lipinski definition) is 4. The highest BCUT2D eigenvalue weighted by Gasteiger charge is 2.25. The van der Waals surface area contributed by atoms with Gasteiger partial charge in [0.15, 0.2) is 0 Å². The first kappa shape index (κ1) is 13.6. The van der Waals surface area contributed by atoms with Gasteiger partial charge in [0, 0.05) is 24.8 Å². The van der Waals surface area contributed by atoms with Crippen LogP contribution in [0.4, 0.5) is 4.79 Å². The minimum atomic E-state index is -0.0255. The standard InChI is InChI=1S/C13H20N4O2/c1-10(2)15-13(18)17-8-4-5-11(9-17)19-12-6-3-7-14-16-12/h3,6-7,10-11H,4-5,8-9H2,1-2H3,(H,15,18). The van der Waals surface area contributed by atoms with Gasteiger partial charge in [-0.3, -0.25) is 0 Å². The predicted molar refractivity (Wildman–Crippen MR) is 70.9 cm³/mol. The van der Waals surface area contributed by atoms with Crippen molar-refractivity contribution in [3.05, 3.63) is 18.3 Å². The lowest BCUT2D eigenvalue weighted by Gasteiger charge is -2.33. The Kier molecular flexibility index (Phi) is 4.54. The maximum absolute atomic E-state index is 11.9. The van der Waals surface area contributed by atoms with E-state index in [1.165, 1.54) is 0 Å². The van der Waals surface area contributed by atoms with E-state index in [1.807, 2.05) is 13.8 Å². The van der Waals surface area contributed by atoms with E-state index in [1.54, 1.807) is 23.2 Å². The molecule has 2 heterocycles. The van der Waals surface area contributed by atoms with Gasteiger partial charge in [-0.1, -0.05) is 0 Å². The van der Waals surface area contributed by atoms with Crippen LogP contribution < -0.4 is 10.1 Å². The number of amides is 2. The van der Waals surface area contributed by atoms with Crippen LogP contribution in [0.25, 0.3) is 0 Å². The number of carbonyl (C=O) groups excluding carboxylic acids is 1. The first-order valence-electron chi connectivity index (χ1n) is 6.65. The highest BCUT2D eigenvalue weighted by molar-refractivity contribution is 5.74. The molecule has 104 valence electrons. The Morgan fingerprint density at radius 1 is 1.58 bits per heavy atom. The summed E-state index contributed by atoms with van der Waals surface area (Å²) < 4.78 is 5.75. The quantitative estimate of drug-likeness (QED) is 0.897. The molecule has 0 spiro atoms. The molecular formula is C13H20N4O2. The SMILES string of the molecule is CC(C)NC(=O)N1CCCC(Oc2cccnn2)C1. The van der Waals surface area contributed by atoms with E-state index in [4.69, 9.17) is 4.74 Å². The molecule has 0 saturated carbocycles. The summed E-state index contributed by atoms with van der Waals surface area (Å²) in [5, 5.41) is 10.6. The van der Waals surface area contributed by atoms with Crippen molar-refractivity contribution in [2.24, 2.45) is 0 Å². The van der Waals surface area contributed by atoms with Gasteiger partial charge in [0.25, 0.3) is 0 Å². The molecule has 1 aromatic heterocycles. The molecule has 1 atom stereocenters. The summed E-state index contributed by atoms with van der Waals surface area (Å²) in [5.74, 6) is 0.513. The van der Waals surface area contributed by atoms with E-state index < -0.39 is 0 Å². The zero-order valence-electron chi connectivity index (χ0n) is 11.4. The number of carbonyl (C=O) groups is 1. The highest BCUT2D eigenvalue weighted by Crippen LogP contribution is 2.16. The Morgan fingerprint density at radius 3 is 3.11 bits per heavy atom. The largest absolute Gasteiger partial charge is 0.471 e. The monoisotopic (exact) mass is 264 g/mol. The van der Waals surface area contributed by atoms with Gasteiger partial charge >= 0.3 is 6.03 Å². The van der Waals surface area contributed by atoms with Crippen LogP contribution >= 0.6 is 0 Å². The fourth-order valence-electron chi connectivity index (χ4n) is 2.08. The first-order valence-corrected chi connectivity index (χ1v) is 6.65. The molecule has 1 N–H and O–H groups in total. The fraction of sp³-hybridized carbons (Fsp3) is 0.615. The van der Waals surface area contributed by atoms with Crippen molar-refractivity contribution in [1.29, 1.82) is 0 Å². The van der Waals surface area contributed by atoms with Crippen molar-refractivity contribution in [2.75, 3.05) is 13.1 Å². The van der Waals surface area contributed by atoms with Crippen LogP contribution in [-0.2, 0) is 0 Å². The molecule has 1 fully saturated rings. The van der Waals surface area contributed by atoms with Crippen molar-refractivity contribution < 1.29 is 9.53 Å². The lowest BCUT2D eigenvalue weighted by Crippen LogP contribution is -2.50. The molecule has 6 heteroatoms. The van der Waals surface area contributed by atoms with Crippen molar-refractivity contribution in [2.45, 2.75) is 38.8 Å². The molecule has 1 aliphatic heterocycles. The summed E-state index contributed by atoms with van der Waals surface area (Å²) in [6, 6.07) is 3.69. The zero-order valence-corrected chi connectivity index (χ0v) is 11.4. The molecule has 1 saturated heterocycles. The van der Waals surface area contributed by atoms with E-state index in [-0.39, 0.29) is 18.2 Å². The minimum Gasteiger partial charge on any atom is -0.471 e. The molecule has 2 rings (SSSR count). The van der Waals surface area contributed by atoms with Gasteiger partial charge in [-0.25, -0.2) is 4.79 Å². The maximum atomic E-state index is 11.9. The van der Waals surface area contributed by atoms with Gasteiger partial charge < -0.3 is 15.0 Å². The Morgan fingerprint density at radius 2 is 2.42 bits per heavy atom. The number of likely N-dealkylation sites (tertiary alicyclic amines) is 1. The lowest BCUT2D eigenvalue weighted by atomic mass is 10.1. The highest BCUT2D eigenvalue weighted by atomic mass is 16.5. The molecule has 1 aliphatic rings. The van der Waals surface area contributed by atoms with Crippen molar-refractivity contribution in [3.63, 3.8) is 0 Å². The summed E-state index contributed by atoms with van der Waals surface area (Å²) in [6.07, 6.45) is 3.47. The molecule has 0 bridgehead atoms. The number of rotatable bonds is 3. The van der Waals surface area contributed by atoms with Crippen molar-refractivity contribution >= 4 is 6.03 Å². The Hall–Kier alpha value is -1.85. The maximum Gasteiger partial charge on any atom is 0.317 e. The van der Waals surface area contributed by atoms with Gasteiger partial charge in [-0.05, 0) is 32.8 Å². The van der Waals surface area contributed by atoms with E-state index in [0.717, 1.165) is 19.4 Å². The smallest absolute Gasteiger partial charge is 0.317 e. The number of piperidine rings is 1. The zero-order chi connectivity index (χ0) is 13.7. The van der Waals surface area contributed by atoms with Crippen LogP contribution in [0.1, 0.15) is 26.7 Å². The third-order valence-electron chi connectivity index (χ3n) is 2.91. The van der Waals surface area contributed by atoms with E-state index in [2.05, 4.69) is 15.5 Å². The number of nitrogens with zero attached hydrogens (tertiary/aromatic N) is 3. The van der Waals surface area contributed by atoms with E-state index in [9.17, 15) is 4.79 Å².